The fourth-order valence-electron chi connectivity index (χ4n) is 0.668. The molecule has 1 aromatic rings. The van der Waals surface area contributed by atoms with Crippen molar-refractivity contribution in [1.29, 1.82) is 0 Å². The molecule has 3 nitrogen and oxygen atoms in total. The number of thiazole rings is 1. The van der Waals surface area contributed by atoms with E-state index in [9.17, 15) is 0 Å². The van der Waals surface area contributed by atoms with Crippen molar-refractivity contribution < 1.29 is 0 Å². The molecule has 0 amide bonds. The van der Waals surface area contributed by atoms with Crippen LogP contribution in [0, 0.1) is 0 Å². The Morgan fingerprint density at radius 2 is 2.40 bits per heavy atom. The van der Waals surface area contributed by atoms with Gasteiger partial charge in [0, 0.05) is 6.54 Å². The van der Waals surface area contributed by atoms with Gasteiger partial charge in [0.15, 0.2) is 0 Å². The van der Waals surface area contributed by atoms with Crippen LogP contribution in [0.15, 0.2) is 6.20 Å². The van der Waals surface area contributed by atoms with E-state index in [1.54, 1.807) is 17.5 Å². The molecule has 10 heavy (non-hydrogen) atoms. The van der Waals surface area contributed by atoms with E-state index in [4.69, 9.17) is 5.73 Å². The molecule has 0 aromatic carbocycles. The molecule has 0 bridgehead atoms. The summed E-state index contributed by atoms with van der Waals surface area (Å²) in [4.78, 5) is 6.18. The molecule has 0 aliphatic carbocycles. The first-order valence-electron chi connectivity index (χ1n) is 3.03. The Labute approximate surface area is 64.5 Å². The van der Waals surface area contributed by atoms with E-state index in [1.807, 2.05) is 14.1 Å². The van der Waals surface area contributed by atoms with E-state index in [1.165, 1.54) is 0 Å². The van der Waals surface area contributed by atoms with Crippen LogP contribution in [0.5, 0.6) is 0 Å². The number of nitrogens with zero attached hydrogens (tertiary/aromatic N) is 2. The predicted octanol–water partition coefficient (Wildman–Crippen LogP) is 0.787. The Bertz CT molecular complexity index is 207. The average molecular weight is 157 g/mol. The molecule has 0 aliphatic heterocycles. The van der Waals surface area contributed by atoms with E-state index < -0.39 is 0 Å². The lowest BCUT2D eigenvalue weighted by molar-refractivity contribution is 0.401. The molecule has 1 aromatic heterocycles. The van der Waals surface area contributed by atoms with Crippen LogP contribution < -0.4 is 5.73 Å². The zero-order valence-corrected chi connectivity index (χ0v) is 6.98. The van der Waals surface area contributed by atoms with Gasteiger partial charge in [-0.1, -0.05) is 0 Å². The lowest BCUT2D eigenvalue weighted by Gasteiger charge is -2.04. The van der Waals surface area contributed by atoms with Crippen molar-refractivity contribution >= 4 is 16.3 Å². The minimum Gasteiger partial charge on any atom is -0.389 e. The zero-order chi connectivity index (χ0) is 7.56. The highest BCUT2D eigenvalue weighted by molar-refractivity contribution is 7.15. The minimum absolute atomic E-state index is 0.789. The van der Waals surface area contributed by atoms with Gasteiger partial charge in [0.05, 0.1) is 6.20 Å². The third kappa shape index (κ3) is 1.97. The average Bonchev–Trinajstić information content (AvgIpc) is 2.13. The molecular formula is C6H11N3S. The van der Waals surface area contributed by atoms with E-state index in [2.05, 4.69) is 9.88 Å². The molecular weight excluding hydrogens is 146 g/mol. The molecule has 56 valence electrons. The highest BCUT2D eigenvalue weighted by Gasteiger charge is 1.98. The zero-order valence-electron chi connectivity index (χ0n) is 6.16. The number of hydrogen-bond acceptors (Lipinski definition) is 4. The molecule has 0 spiro atoms. The summed E-state index contributed by atoms with van der Waals surface area (Å²) in [6, 6.07) is 0. The quantitative estimate of drug-likeness (QED) is 0.690. The van der Waals surface area contributed by atoms with Gasteiger partial charge < -0.3 is 10.6 Å². The van der Waals surface area contributed by atoms with Crippen molar-refractivity contribution in [3.63, 3.8) is 0 Å². The van der Waals surface area contributed by atoms with Gasteiger partial charge in [-0.3, -0.25) is 0 Å². The predicted molar refractivity (Wildman–Crippen MR) is 43.9 cm³/mol. The Morgan fingerprint density at radius 1 is 1.70 bits per heavy atom. The minimum atomic E-state index is 0.789. The SMILES string of the molecule is CN(C)Cc1ncc(N)s1. The fourth-order valence-corrected chi connectivity index (χ4v) is 1.47. The van der Waals surface area contributed by atoms with E-state index in [-0.39, 0.29) is 0 Å². The number of aromatic nitrogens is 1. The first-order chi connectivity index (χ1) is 4.68. The number of nitrogens with two attached hydrogens (primary N) is 1. The number of rotatable bonds is 2. The molecule has 0 fully saturated rings. The summed E-state index contributed by atoms with van der Waals surface area (Å²) in [7, 11) is 4.02. The molecule has 0 saturated carbocycles. The van der Waals surface area contributed by atoms with Crippen molar-refractivity contribution in [1.82, 2.24) is 9.88 Å². The second kappa shape index (κ2) is 2.98. The molecule has 2 N–H and O–H groups in total. The van der Waals surface area contributed by atoms with Gasteiger partial charge in [-0.2, -0.15) is 0 Å². The summed E-state index contributed by atoms with van der Waals surface area (Å²) in [6.07, 6.45) is 1.70. The summed E-state index contributed by atoms with van der Waals surface area (Å²) < 4.78 is 0. The van der Waals surface area contributed by atoms with Crippen LogP contribution in [0.3, 0.4) is 0 Å². The Hall–Kier alpha value is -0.610. The topological polar surface area (TPSA) is 42.2 Å². The van der Waals surface area contributed by atoms with Gasteiger partial charge in [-0.15, -0.1) is 11.3 Å². The molecule has 0 aliphatic rings. The normalized spacial score (nSPS) is 10.7. The maximum Gasteiger partial charge on any atom is 0.109 e. The van der Waals surface area contributed by atoms with Gasteiger partial charge in [0.1, 0.15) is 10.0 Å². The molecule has 0 radical (unpaired) electrons. The number of anilines is 1. The van der Waals surface area contributed by atoms with Gasteiger partial charge >= 0.3 is 0 Å². The molecule has 1 rings (SSSR count). The monoisotopic (exact) mass is 157 g/mol. The lowest BCUT2D eigenvalue weighted by atomic mass is 10.6. The van der Waals surface area contributed by atoms with Crippen molar-refractivity contribution in [3.8, 4) is 0 Å². The van der Waals surface area contributed by atoms with Crippen molar-refractivity contribution in [3.05, 3.63) is 11.2 Å². The van der Waals surface area contributed by atoms with E-state index in [0.717, 1.165) is 16.6 Å². The van der Waals surface area contributed by atoms with Crippen molar-refractivity contribution in [2.24, 2.45) is 0 Å². The number of nitrogen functional groups attached to an aromatic ring is 1. The molecule has 0 unspecified atom stereocenters. The highest BCUT2D eigenvalue weighted by Crippen LogP contribution is 2.14. The third-order valence-electron chi connectivity index (χ3n) is 1.02. The summed E-state index contributed by atoms with van der Waals surface area (Å²) >= 11 is 1.54. The van der Waals surface area contributed by atoms with Crippen LogP contribution in [0.2, 0.25) is 0 Å². The molecule has 1 heterocycles. The Balaban J connectivity index is 2.58. The van der Waals surface area contributed by atoms with Crippen LogP contribution >= 0.6 is 11.3 Å². The first kappa shape index (κ1) is 7.50. The molecule has 0 atom stereocenters. The van der Waals surface area contributed by atoms with E-state index in [0.29, 0.717) is 0 Å². The Kier molecular flexibility index (Phi) is 2.24. The largest absolute Gasteiger partial charge is 0.389 e. The van der Waals surface area contributed by atoms with Crippen molar-refractivity contribution in [2.45, 2.75) is 6.54 Å². The van der Waals surface area contributed by atoms with Crippen LogP contribution in [0.25, 0.3) is 0 Å². The third-order valence-corrected chi connectivity index (χ3v) is 1.83. The van der Waals surface area contributed by atoms with Gasteiger partial charge in [-0.05, 0) is 14.1 Å². The van der Waals surface area contributed by atoms with Crippen LogP contribution in [0.1, 0.15) is 5.01 Å². The summed E-state index contributed by atoms with van der Waals surface area (Å²) in [6.45, 7) is 0.877. The van der Waals surface area contributed by atoms with Crippen LogP contribution in [0.4, 0.5) is 5.00 Å². The molecule has 0 saturated heterocycles. The standard InChI is InChI=1S/C6H11N3S/c1-9(2)4-6-8-3-5(7)10-6/h3H,4,7H2,1-2H3. The van der Waals surface area contributed by atoms with Gasteiger partial charge in [0.25, 0.3) is 0 Å². The summed E-state index contributed by atoms with van der Waals surface area (Å²) in [5.41, 5.74) is 5.49. The van der Waals surface area contributed by atoms with Gasteiger partial charge in [-0.25, -0.2) is 4.98 Å². The van der Waals surface area contributed by atoms with E-state index >= 15 is 0 Å². The Morgan fingerprint density at radius 3 is 2.80 bits per heavy atom. The highest BCUT2D eigenvalue weighted by atomic mass is 32.1. The smallest absolute Gasteiger partial charge is 0.109 e. The second-order valence-corrected chi connectivity index (χ2v) is 3.54. The van der Waals surface area contributed by atoms with Crippen LogP contribution in [-0.2, 0) is 6.54 Å². The number of hydrogen-bond donors (Lipinski definition) is 1. The van der Waals surface area contributed by atoms with Gasteiger partial charge in [0.2, 0.25) is 0 Å². The summed E-state index contributed by atoms with van der Waals surface area (Å²) in [5, 5.41) is 1.86. The maximum atomic E-state index is 5.49. The maximum absolute atomic E-state index is 5.49. The lowest BCUT2D eigenvalue weighted by Crippen LogP contribution is -2.09. The fraction of sp³-hybridized carbons (Fsp3) is 0.500. The van der Waals surface area contributed by atoms with Crippen molar-refractivity contribution in [2.75, 3.05) is 19.8 Å². The first-order valence-corrected chi connectivity index (χ1v) is 3.85. The van der Waals surface area contributed by atoms with Crippen LogP contribution in [-0.4, -0.2) is 24.0 Å². The second-order valence-electron chi connectivity index (χ2n) is 2.39. The summed E-state index contributed by atoms with van der Waals surface area (Å²) in [5.74, 6) is 0. The molecule has 4 heteroatoms.